The van der Waals surface area contributed by atoms with E-state index >= 15 is 4.39 Å². The molecule has 4 rings (SSSR count). The van der Waals surface area contributed by atoms with Crippen molar-refractivity contribution in [2.75, 3.05) is 26.7 Å². The maximum absolute atomic E-state index is 15.5. The summed E-state index contributed by atoms with van der Waals surface area (Å²) in [4.78, 5) is 22.1. The molecule has 1 aliphatic heterocycles. The summed E-state index contributed by atoms with van der Waals surface area (Å²) < 4.78 is 20.8. The molecule has 0 amide bonds. The highest BCUT2D eigenvalue weighted by molar-refractivity contribution is 7.10. The smallest absolute Gasteiger partial charge is 0.303 e. The maximum Gasteiger partial charge on any atom is 0.303 e. The van der Waals surface area contributed by atoms with Gasteiger partial charge >= 0.3 is 5.97 Å². The van der Waals surface area contributed by atoms with Crippen molar-refractivity contribution >= 4 is 28.2 Å². The third kappa shape index (κ3) is 6.77. The van der Waals surface area contributed by atoms with Crippen molar-refractivity contribution in [2.45, 2.75) is 38.3 Å². The van der Waals surface area contributed by atoms with Gasteiger partial charge < -0.3 is 9.84 Å². The van der Waals surface area contributed by atoms with E-state index in [1.165, 1.54) is 11.3 Å². The van der Waals surface area contributed by atoms with Crippen LogP contribution in [0.5, 0.6) is 5.75 Å². The normalized spacial score (nSPS) is 19.1. The van der Waals surface area contributed by atoms with Crippen molar-refractivity contribution in [1.82, 2.24) is 14.9 Å². The van der Waals surface area contributed by atoms with Crippen LogP contribution in [-0.4, -0.2) is 52.7 Å². The second-order valence-electron chi connectivity index (χ2n) is 8.94. The zero-order valence-corrected chi connectivity index (χ0v) is 20.6. The van der Waals surface area contributed by atoms with Gasteiger partial charge in [0.2, 0.25) is 0 Å². The molecule has 3 atom stereocenters. The number of hydrogen-bond donors (Lipinski definition) is 1. The molecular weight excluding hydrogens is 465 g/mol. The van der Waals surface area contributed by atoms with Crippen molar-refractivity contribution in [1.29, 1.82) is 0 Å². The predicted molar refractivity (Wildman–Crippen MR) is 135 cm³/mol. The van der Waals surface area contributed by atoms with Crippen LogP contribution in [-0.2, 0) is 4.79 Å². The lowest BCUT2D eigenvalue weighted by Crippen LogP contribution is -2.41. The van der Waals surface area contributed by atoms with Crippen LogP contribution in [0, 0.1) is 23.7 Å². The van der Waals surface area contributed by atoms with E-state index in [4.69, 9.17) is 4.74 Å². The number of thiazole rings is 1. The van der Waals surface area contributed by atoms with Crippen molar-refractivity contribution in [3.63, 3.8) is 0 Å². The van der Waals surface area contributed by atoms with Crippen LogP contribution in [0.3, 0.4) is 0 Å². The summed E-state index contributed by atoms with van der Waals surface area (Å²) in [6.07, 6.45) is 5.04. The lowest BCUT2D eigenvalue weighted by Gasteiger charge is -2.38. The fourth-order valence-corrected chi connectivity index (χ4v) is 5.39. The Morgan fingerprint density at radius 3 is 2.94 bits per heavy atom. The van der Waals surface area contributed by atoms with Gasteiger partial charge in [0.05, 0.1) is 19.2 Å². The Morgan fingerprint density at radius 1 is 1.29 bits per heavy atom. The van der Waals surface area contributed by atoms with Gasteiger partial charge in [0, 0.05) is 36.1 Å². The summed E-state index contributed by atoms with van der Waals surface area (Å²) in [5, 5.41) is 12.7. The van der Waals surface area contributed by atoms with Crippen molar-refractivity contribution in [2.24, 2.45) is 11.8 Å². The van der Waals surface area contributed by atoms with E-state index in [0.717, 1.165) is 41.8 Å². The molecule has 8 heteroatoms. The summed E-state index contributed by atoms with van der Waals surface area (Å²) in [6, 6.07) is 7.26. The minimum atomic E-state index is -1.12. The molecule has 0 radical (unpaired) electrons. The first-order valence-electron chi connectivity index (χ1n) is 11.9. The Morgan fingerprint density at radius 2 is 2.17 bits per heavy atom. The standard InChI is InChI=1S/C27H30FN3O3S/c1-34-21-6-8-25-23(17-21)22(10-12-29-25)24(28)7-4-19-11-15-31(18-20(19)5-9-27(32)33)14-2-3-26-30-13-16-35-26/h6,8,10,12-13,16-17,19-20,24H,4-5,7,9,11,14-15,18H2,1H3,(H,32,33)/t19-,20-,24-/m1/s1. The molecule has 0 saturated carbocycles. The van der Waals surface area contributed by atoms with Crippen LogP contribution >= 0.6 is 11.3 Å². The number of carbonyl (C=O) groups is 1. The van der Waals surface area contributed by atoms with Gasteiger partial charge in [0.1, 0.15) is 11.9 Å². The number of rotatable bonds is 9. The zero-order chi connectivity index (χ0) is 24.6. The number of carboxylic acids is 1. The zero-order valence-electron chi connectivity index (χ0n) is 19.8. The Kier molecular flexibility index (Phi) is 8.67. The molecule has 0 spiro atoms. The number of nitrogens with zero attached hydrogens (tertiary/aromatic N) is 3. The number of piperidine rings is 1. The molecule has 0 unspecified atom stereocenters. The number of halogens is 1. The Balaban J connectivity index is 1.39. The fraction of sp³-hybridized carbons (Fsp3) is 0.444. The van der Waals surface area contributed by atoms with Gasteiger partial charge in [0.25, 0.3) is 0 Å². The van der Waals surface area contributed by atoms with E-state index in [2.05, 4.69) is 26.7 Å². The summed E-state index contributed by atoms with van der Waals surface area (Å²) in [6.45, 7) is 2.30. The van der Waals surface area contributed by atoms with Gasteiger partial charge in [-0.15, -0.1) is 11.3 Å². The molecule has 184 valence electrons. The van der Waals surface area contributed by atoms with E-state index in [1.54, 1.807) is 25.6 Å². The lowest BCUT2D eigenvalue weighted by molar-refractivity contribution is -0.137. The molecule has 0 aliphatic carbocycles. The first-order valence-corrected chi connectivity index (χ1v) is 12.8. The summed E-state index contributed by atoms with van der Waals surface area (Å²) in [7, 11) is 1.60. The van der Waals surface area contributed by atoms with E-state index < -0.39 is 12.1 Å². The van der Waals surface area contributed by atoms with Crippen LogP contribution in [0.4, 0.5) is 4.39 Å². The molecule has 1 fully saturated rings. The second-order valence-corrected chi connectivity index (χ2v) is 9.84. The second kappa shape index (κ2) is 12.1. The first-order chi connectivity index (χ1) is 17.0. The fourth-order valence-electron chi connectivity index (χ4n) is 4.89. The highest BCUT2D eigenvalue weighted by atomic mass is 32.1. The number of pyridine rings is 1. The highest BCUT2D eigenvalue weighted by Gasteiger charge is 2.30. The molecule has 3 heterocycles. The number of ether oxygens (including phenoxy) is 1. The molecule has 2 aromatic heterocycles. The van der Waals surface area contributed by atoms with Gasteiger partial charge in [-0.1, -0.05) is 5.92 Å². The SMILES string of the molecule is COc1ccc2nccc([C@H](F)CC[C@@H]3CCN(CC#Cc4nccs4)C[C@H]3CCC(=O)O)c2c1. The monoisotopic (exact) mass is 495 g/mol. The van der Waals surface area contributed by atoms with Gasteiger partial charge in [-0.05, 0) is 79.8 Å². The summed E-state index contributed by atoms with van der Waals surface area (Å²) in [5.74, 6) is 6.67. The van der Waals surface area contributed by atoms with E-state index in [0.29, 0.717) is 36.6 Å². The number of fused-ring (bicyclic) bond motifs is 1. The molecule has 1 saturated heterocycles. The van der Waals surface area contributed by atoms with Crippen molar-refractivity contribution in [3.05, 3.63) is 52.6 Å². The van der Waals surface area contributed by atoms with E-state index in [-0.39, 0.29) is 12.3 Å². The molecule has 35 heavy (non-hydrogen) atoms. The third-order valence-corrected chi connectivity index (χ3v) is 7.43. The minimum Gasteiger partial charge on any atom is -0.497 e. The van der Waals surface area contributed by atoms with Crippen molar-refractivity contribution in [3.8, 4) is 17.6 Å². The largest absolute Gasteiger partial charge is 0.497 e. The molecule has 1 aliphatic rings. The Hall–Kier alpha value is -3.02. The number of carboxylic acid groups (broad SMARTS) is 1. The van der Waals surface area contributed by atoms with Crippen LogP contribution in [0.1, 0.15) is 48.8 Å². The number of alkyl halides is 1. The van der Waals surface area contributed by atoms with Crippen molar-refractivity contribution < 1.29 is 19.0 Å². The molecule has 1 aromatic carbocycles. The van der Waals surface area contributed by atoms with E-state index in [1.807, 2.05) is 23.6 Å². The van der Waals surface area contributed by atoms with Gasteiger partial charge in [0.15, 0.2) is 5.01 Å². The van der Waals surface area contributed by atoms with Crippen LogP contribution in [0.15, 0.2) is 42.0 Å². The Bertz CT molecular complexity index is 1190. The number of likely N-dealkylation sites (tertiary alicyclic amines) is 1. The molecule has 3 aromatic rings. The number of benzene rings is 1. The lowest BCUT2D eigenvalue weighted by atomic mass is 9.79. The average molecular weight is 496 g/mol. The summed E-state index contributed by atoms with van der Waals surface area (Å²) >= 11 is 1.52. The minimum absolute atomic E-state index is 0.133. The van der Waals surface area contributed by atoms with Crippen LogP contribution in [0.2, 0.25) is 0 Å². The maximum atomic E-state index is 15.5. The van der Waals surface area contributed by atoms with Crippen LogP contribution < -0.4 is 4.74 Å². The van der Waals surface area contributed by atoms with Gasteiger partial charge in [-0.3, -0.25) is 14.7 Å². The quantitative estimate of drug-likeness (QED) is 0.404. The van der Waals surface area contributed by atoms with Gasteiger partial charge in [-0.25, -0.2) is 9.37 Å². The molecule has 0 bridgehead atoms. The van der Waals surface area contributed by atoms with E-state index in [9.17, 15) is 9.90 Å². The topological polar surface area (TPSA) is 75.5 Å². The molecule has 6 nitrogen and oxygen atoms in total. The average Bonchev–Trinajstić information content (AvgIpc) is 3.39. The number of aliphatic carboxylic acids is 1. The first kappa shape index (κ1) is 25.1. The number of hydrogen-bond acceptors (Lipinski definition) is 6. The van der Waals surface area contributed by atoms with Gasteiger partial charge in [-0.2, -0.15) is 0 Å². The Labute approximate surface area is 209 Å². The highest BCUT2D eigenvalue weighted by Crippen LogP contribution is 2.36. The summed E-state index contributed by atoms with van der Waals surface area (Å²) in [5.41, 5.74) is 1.38. The van der Waals surface area contributed by atoms with Crippen LogP contribution in [0.25, 0.3) is 10.9 Å². The number of aromatic nitrogens is 2. The molecular formula is C27H30FN3O3S. The third-order valence-electron chi connectivity index (χ3n) is 6.75. The number of methoxy groups -OCH3 is 1. The molecule has 1 N–H and O–H groups in total. The predicted octanol–water partition coefficient (Wildman–Crippen LogP) is 5.35.